The predicted octanol–water partition coefficient (Wildman–Crippen LogP) is 8.73. The molecule has 2 atom stereocenters. The number of aliphatic carboxylic acids is 1. The Balaban J connectivity index is 1.63. The molecule has 0 heterocycles. The van der Waals surface area contributed by atoms with Crippen molar-refractivity contribution in [2.24, 2.45) is 5.41 Å². The van der Waals surface area contributed by atoms with Crippen LogP contribution >= 0.6 is 0 Å². The summed E-state index contributed by atoms with van der Waals surface area (Å²) in [5.74, 6) is 0.595. The molecule has 1 N–H and O–H groups in total. The SMILES string of the molecule is CCC[C@@H](CC(=O)O)c1cccc(OCc2ccc(-c3cc(OC)ccc3F)c(C3CCCC3(C)C)c2)c1. The highest BCUT2D eigenvalue weighted by molar-refractivity contribution is 5.71. The molecule has 1 unspecified atom stereocenters. The first-order valence-electron chi connectivity index (χ1n) is 13.6. The van der Waals surface area contributed by atoms with Gasteiger partial charge in [0.2, 0.25) is 0 Å². The van der Waals surface area contributed by atoms with Crippen molar-refractivity contribution in [2.45, 2.75) is 77.7 Å². The number of carboxylic acids is 1. The number of carbonyl (C=O) groups is 1. The lowest BCUT2D eigenvalue weighted by Gasteiger charge is -2.30. The van der Waals surface area contributed by atoms with E-state index in [0.29, 0.717) is 23.8 Å². The van der Waals surface area contributed by atoms with Crippen LogP contribution in [0.5, 0.6) is 11.5 Å². The summed E-state index contributed by atoms with van der Waals surface area (Å²) in [6.07, 6.45) is 5.21. The van der Waals surface area contributed by atoms with Crippen LogP contribution in [0.15, 0.2) is 60.7 Å². The maximum Gasteiger partial charge on any atom is 0.303 e. The van der Waals surface area contributed by atoms with Crippen LogP contribution in [0.4, 0.5) is 4.39 Å². The summed E-state index contributed by atoms with van der Waals surface area (Å²) in [4.78, 5) is 11.4. The molecule has 38 heavy (non-hydrogen) atoms. The third kappa shape index (κ3) is 6.38. The van der Waals surface area contributed by atoms with E-state index < -0.39 is 5.97 Å². The molecule has 1 fully saturated rings. The van der Waals surface area contributed by atoms with Crippen LogP contribution < -0.4 is 9.47 Å². The van der Waals surface area contributed by atoms with Crippen molar-refractivity contribution >= 4 is 5.97 Å². The summed E-state index contributed by atoms with van der Waals surface area (Å²) in [5.41, 5.74) is 4.75. The van der Waals surface area contributed by atoms with Crippen molar-refractivity contribution < 1.29 is 23.8 Å². The van der Waals surface area contributed by atoms with Crippen molar-refractivity contribution in [2.75, 3.05) is 7.11 Å². The molecule has 5 heteroatoms. The van der Waals surface area contributed by atoms with E-state index in [1.165, 1.54) is 6.07 Å². The fourth-order valence-electron chi connectivity index (χ4n) is 5.95. The Morgan fingerprint density at radius 1 is 1.08 bits per heavy atom. The van der Waals surface area contributed by atoms with Gasteiger partial charge in [0.05, 0.1) is 13.5 Å². The van der Waals surface area contributed by atoms with E-state index in [1.54, 1.807) is 19.2 Å². The third-order valence-electron chi connectivity index (χ3n) is 8.01. The molecule has 4 nitrogen and oxygen atoms in total. The molecule has 0 spiro atoms. The lowest BCUT2D eigenvalue weighted by molar-refractivity contribution is -0.137. The van der Waals surface area contributed by atoms with Crippen LogP contribution in [-0.4, -0.2) is 18.2 Å². The number of benzene rings is 3. The first-order valence-corrected chi connectivity index (χ1v) is 13.6. The molecule has 0 radical (unpaired) electrons. The van der Waals surface area contributed by atoms with Crippen molar-refractivity contribution in [3.05, 3.63) is 83.2 Å². The van der Waals surface area contributed by atoms with Gasteiger partial charge in [0.1, 0.15) is 23.9 Å². The van der Waals surface area contributed by atoms with E-state index in [1.807, 2.05) is 36.4 Å². The fourth-order valence-corrected chi connectivity index (χ4v) is 5.95. The third-order valence-corrected chi connectivity index (χ3v) is 8.01. The summed E-state index contributed by atoms with van der Waals surface area (Å²) in [7, 11) is 1.60. The summed E-state index contributed by atoms with van der Waals surface area (Å²) in [6, 6.07) is 18.9. The van der Waals surface area contributed by atoms with Crippen LogP contribution in [-0.2, 0) is 11.4 Å². The number of carboxylic acid groups (broad SMARTS) is 1. The molecule has 1 aliphatic carbocycles. The van der Waals surface area contributed by atoms with E-state index in [2.05, 4.69) is 26.8 Å². The summed E-state index contributed by atoms with van der Waals surface area (Å²) < 4.78 is 26.6. The smallest absolute Gasteiger partial charge is 0.303 e. The molecule has 1 saturated carbocycles. The first-order chi connectivity index (χ1) is 18.2. The second kappa shape index (κ2) is 12.0. The first kappa shape index (κ1) is 27.7. The van der Waals surface area contributed by atoms with Gasteiger partial charge in [0.15, 0.2) is 0 Å². The molecular formula is C33H39FO4. The molecule has 0 amide bonds. The lowest BCUT2D eigenvalue weighted by Crippen LogP contribution is -2.17. The van der Waals surface area contributed by atoms with Crippen molar-refractivity contribution in [1.29, 1.82) is 0 Å². The Hall–Kier alpha value is -3.34. The lowest BCUT2D eigenvalue weighted by atomic mass is 9.75. The normalized spacial score (nSPS) is 17.2. The van der Waals surface area contributed by atoms with Gasteiger partial charge in [-0.05, 0) is 89.1 Å². The van der Waals surface area contributed by atoms with E-state index in [9.17, 15) is 9.90 Å². The summed E-state index contributed by atoms with van der Waals surface area (Å²) in [5, 5.41) is 9.34. The number of hydrogen-bond acceptors (Lipinski definition) is 3. The summed E-state index contributed by atoms with van der Waals surface area (Å²) in [6.45, 7) is 7.05. The average molecular weight is 519 g/mol. The number of rotatable bonds is 11. The minimum Gasteiger partial charge on any atom is -0.497 e. The fraction of sp³-hybridized carbons (Fsp3) is 0.424. The van der Waals surface area contributed by atoms with Gasteiger partial charge in [-0.25, -0.2) is 4.39 Å². The number of methoxy groups -OCH3 is 1. The highest BCUT2D eigenvalue weighted by atomic mass is 19.1. The predicted molar refractivity (Wildman–Crippen MR) is 149 cm³/mol. The molecule has 202 valence electrons. The molecule has 3 aromatic carbocycles. The molecule has 4 rings (SSSR count). The zero-order valence-electron chi connectivity index (χ0n) is 22.9. The average Bonchev–Trinajstić information content (AvgIpc) is 3.26. The van der Waals surface area contributed by atoms with E-state index in [4.69, 9.17) is 9.47 Å². The molecule has 0 saturated heterocycles. The van der Waals surface area contributed by atoms with E-state index in [-0.39, 0.29) is 23.6 Å². The van der Waals surface area contributed by atoms with E-state index in [0.717, 1.165) is 60.1 Å². The molecule has 3 aromatic rings. The van der Waals surface area contributed by atoms with Crippen LogP contribution in [0, 0.1) is 11.2 Å². The van der Waals surface area contributed by atoms with Gasteiger partial charge >= 0.3 is 5.97 Å². The van der Waals surface area contributed by atoms with Gasteiger partial charge < -0.3 is 14.6 Å². The van der Waals surface area contributed by atoms with Crippen LogP contribution in [0.2, 0.25) is 0 Å². The van der Waals surface area contributed by atoms with Gasteiger partial charge in [-0.2, -0.15) is 0 Å². The number of halogens is 1. The molecule has 0 bridgehead atoms. The molecular weight excluding hydrogens is 479 g/mol. The highest BCUT2D eigenvalue weighted by Crippen LogP contribution is 2.51. The van der Waals surface area contributed by atoms with Crippen molar-refractivity contribution in [3.63, 3.8) is 0 Å². The van der Waals surface area contributed by atoms with Crippen LogP contribution in [0.25, 0.3) is 11.1 Å². The topological polar surface area (TPSA) is 55.8 Å². The zero-order valence-corrected chi connectivity index (χ0v) is 22.9. The van der Waals surface area contributed by atoms with Crippen LogP contribution in [0.1, 0.15) is 87.8 Å². The van der Waals surface area contributed by atoms with E-state index >= 15 is 4.39 Å². The molecule has 0 aliphatic heterocycles. The molecule has 1 aliphatic rings. The number of ether oxygens (including phenoxy) is 2. The second-order valence-electron chi connectivity index (χ2n) is 11.1. The Kier molecular flexibility index (Phi) is 8.76. The largest absolute Gasteiger partial charge is 0.497 e. The standard InChI is InChI=1S/C33H39FO4/c1-5-8-23(19-32(35)36)24-9-6-10-26(18-24)38-21-22-12-14-27(29-20-25(37-4)13-15-31(29)34)28(17-22)30-11-7-16-33(30,2)3/h6,9-10,12-15,17-18,20,23,30H,5,7-8,11,16,19,21H2,1-4H3,(H,35,36)/t23-,30?/m0/s1. The quantitative estimate of drug-likeness (QED) is 0.276. The van der Waals surface area contributed by atoms with Gasteiger partial charge in [0.25, 0.3) is 0 Å². The van der Waals surface area contributed by atoms with Crippen molar-refractivity contribution in [1.82, 2.24) is 0 Å². The van der Waals surface area contributed by atoms with Crippen molar-refractivity contribution in [3.8, 4) is 22.6 Å². The monoisotopic (exact) mass is 518 g/mol. The maximum atomic E-state index is 15.0. The molecule has 0 aromatic heterocycles. The van der Waals surface area contributed by atoms with Gasteiger partial charge in [-0.1, -0.05) is 63.9 Å². The second-order valence-corrected chi connectivity index (χ2v) is 11.1. The minimum atomic E-state index is -0.787. The Morgan fingerprint density at radius 3 is 2.58 bits per heavy atom. The number of hydrogen-bond donors (Lipinski definition) is 1. The van der Waals surface area contributed by atoms with Gasteiger partial charge in [-0.3, -0.25) is 4.79 Å². The summed E-state index contributed by atoms with van der Waals surface area (Å²) >= 11 is 0. The van der Waals surface area contributed by atoms with Gasteiger partial charge in [-0.15, -0.1) is 0 Å². The maximum absolute atomic E-state index is 15.0. The Morgan fingerprint density at radius 2 is 1.89 bits per heavy atom. The Labute approximate surface area is 225 Å². The highest BCUT2D eigenvalue weighted by Gasteiger charge is 2.37. The Bertz CT molecular complexity index is 1270. The minimum absolute atomic E-state index is 0.0331. The van der Waals surface area contributed by atoms with Gasteiger partial charge in [0, 0.05) is 5.56 Å². The zero-order chi connectivity index (χ0) is 27.3. The van der Waals surface area contributed by atoms with Crippen LogP contribution in [0.3, 0.4) is 0 Å².